The summed E-state index contributed by atoms with van der Waals surface area (Å²) in [4.78, 5) is 0. The van der Waals surface area contributed by atoms with Gasteiger partial charge in [-0.2, -0.15) is 0 Å². The summed E-state index contributed by atoms with van der Waals surface area (Å²) in [7, 11) is 0. The van der Waals surface area contributed by atoms with Gasteiger partial charge in [0, 0.05) is 12.0 Å². The highest BCUT2D eigenvalue weighted by atomic mass is 19.1. The Morgan fingerprint density at radius 3 is 2.63 bits per heavy atom. The molecule has 0 spiro atoms. The van der Waals surface area contributed by atoms with Crippen molar-refractivity contribution >= 4 is 0 Å². The lowest BCUT2D eigenvalue weighted by molar-refractivity contribution is 0.418. The minimum Gasteiger partial charge on any atom is -0.464 e. The first-order valence-corrected chi connectivity index (χ1v) is 6.74. The normalized spacial score (nSPS) is 12.6. The van der Waals surface area contributed by atoms with Crippen LogP contribution in [0.15, 0.2) is 34.7 Å². The number of nitrogens with one attached hydrogen (secondary N) is 1. The van der Waals surface area contributed by atoms with Crippen molar-refractivity contribution in [3.63, 3.8) is 0 Å². The summed E-state index contributed by atoms with van der Waals surface area (Å²) >= 11 is 0. The molecule has 1 aromatic carbocycles. The lowest BCUT2D eigenvalue weighted by Gasteiger charge is -2.17. The molecule has 2 rings (SSSR count). The fourth-order valence-corrected chi connectivity index (χ4v) is 2.20. The summed E-state index contributed by atoms with van der Waals surface area (Å²) in [6.07, 6.45) is 0.842. The molecule has 0 aliphatic rings. The van der Waals surface area contributed by atoms with Gasteiger partial charge in [0.1, 0.15) is 17.3 Å². The van der Waals surface area contributed by atoms with Crippen molar-refractivity contribution in [2.45, 2.75) is 33.2 Å². The molecule has 0 aliphatic heterocycles. The second-order valence-corrected chi connectivity index (χ2v) is 4.63. The molecular formula is C16H20FNO. The van der Waals surface area contributed by atoms with E-state index in [0.29, 0.717) is 11.1 Å². The molecule has 3 heteroatoms. The molecule has 1 atom stereocenters. The van der Waals surface area contributed by atoms with Crippen LogP contribution in [0.2, 0.25) is 0 Å². The van der Waals surface area contributed by atoms with E-state index in [4.69, 9.17) is 4.42 Å². The molecule has 1 heterocycles. The zero-order chi connectivity index (χ0) is 13.8. The number of hydrogen-bond acceptors (Lipinski definition) is 2. The van der Waals surface area contributed by atoms with Crippen LogP contribution in [0.1, 0.15) is 42.5 Å². The molecule has 0 saturated heterocycles. The Bertz CT molecular complexity index is 547. The quantitative estimate of drug-likeness (QED) is 0.880. The van der Waals surface area contributed by atoms with Gasteiger partial charge in [-0.3, -0.25) is 0 Å². The summed E-state index contributed by atoms with van der Waals surface area (Å²) in [6, 6.07) is 9.11. The number of halogens is 1. The van der Waals surface area contributed by atoms with Gasteiger partial charge in [0.2, 0.25) is 0 Å². The third-order valence-electron chi connectivity index (χ3n) is 3.26. The van der Waals surface area contributed by atoms with Crippen LogP contribution >= 0.6 is 0 Å². The van der Waals surface area contributed by atoms with E-state index in [2.05, 4.69) is 5.32 Å². The first kappa shape index (κ1) is 13.8. The fourth-order valence-electron chi connectivity index (χ4n) is 2.20. The van der Waals surface area contributed by atoms with Crippen LogP contribution in [0.4, 0.5) is 4.39 Å². The largest absolute Gasteiger partial charge is 0.464 e. The third kappa shape index (κ3) is 2.87. The Kier molecular flexibility index (Phi) is 4.38. The maximum absolute atomic E-state index is 14.3. The van der Waals surface area contributed by atoms with Crippen molar-refractivity contribution in [1.82, 2.24) is 5.32 Å². The molecule has 19 heavy (non-hydrogen) atoms. The highest BCUT2D eigenvalue weighted by molar-refractivity contribution is 5.32. The smallest absolute Gasteiger partial charge is 0.131 e. The van der Waals surface area contributed by atoms with Gasteiger partial charge in [0.05, 0.1) is 6.04 Å². The molecule has 1 aromatic heterocycles. The number of rotatable bonds is 5. The van der Waals surface area contributed by atoms with Crippen molar-refractivity contribution in [1.29, 1.82) is 0 Å². The van der Waals surface area contributed by atoms with Gasteiger partial charge in [-0.05, 0) is 31.2 Å². The van der Waals surface area contributed by atoms with Crippen molar-refractivity contribution in [3.05, 3.63) is 58.8 Å². The SMILES string of the molecule is CCNC(c1ccc(CC)o1)c1cccc(C)c1F. The van der Waals surface area contributed by atoms with Crippen molar-refractivity contribution < 1.29 is 8.81 Å². The average Bonchev–Trinajstić information content (AvgIpc) is 2.88. The van der Waals surface area contributed by atoms with E-state index < -0.39 is 0 Å². The van der Waals surface area contributed by atoms with Crippen LogP contribution in [-0.4, -0.2) is 6.54 Å². The minimum absolute atomic E-state index is 0.164. The zero-order valence-corrected chi connectivity index (χ0v) is 11.7. The molecular weight excluding hydrogens is 241 g/mol. The Balaban J connectivity index is 2.42. The van der Waals surface area contributed by atoms with E-state index in [1.807, 2.05) is 38.1 Å². The van der Waals surface area contributed by atoms with E-state index in [1.54, 1.807) is 13.0 Å². The summed E-state index contributed by atoms with van der Waals surface area (Å²) in [6.45, 7) is 6.57. The minimum atomic E-state index is -0.231. The van der Waals surface area contributed by atoms with E-state index in [0.717, 1.165) is 24.5 Å². The predicted octanol–water partition coefficient (Wildman–Crippen LogP) is 3.99. The maximum atomic E-state index is 14.3. The zero-order valence-electron chi connectivity index (χ0n) is 11.7. The molecule has 1 unspecified atom stereocenters. The van der Waals surface area contributed by atoms with Gasteiger partial charge in [-0.15, -0.1) is 0 Å². The standard InChI is InChI=1S/C16H20FNO/c1-4-12-9-10-14(19-12)16(18-5-2)13-8-6-7-11(3)15(13)17/h6-10,16,18H,4-5H2,1-3H3. The molecule has 2 aromatic rings. The molecule has 0 amide bonds. The number of hydrogen-bond donors (Lipinski definition) is 1. The Morgan fingerprint density at radius 1 is 1.21 bits per heavy atom. The van der Waals surface area contributed by atoms with E-state index in [1.165, 1.54) is 0 Å². The van der Waals surface area contributed by atoms with Crippen molar-refractivity contribution in [3.8, 4) is 0 Å². The van der Waals surface area contributed by atoms with Crippen LogP contribution in [0.3, 0.4) is 0 Å². The fraction of sp³-hybridized carbons (Fsp3) is 0.375. The van der Waals surface area contributed by atoms with Gasteiger partial charge in [-0.25, -0.2) is 4.39 Å². The van der Waals surface area contributed by atoms with Crippen molar-refractivity contribution in [2.75, 3.05) is 6.54 Å². The number of aryl methyl sites for hydroxylation is 2. The summed E-state index contributed by atoms with van der Waals surface area (Å²) < 4.78 is 20.0. The summed E-state index contributed by atoms with van der Waals surface area (Å²) in [5.41, 5.74) is 1.29. The molecule has 1 N–H and O–H groups in total. The van der Waals surface area contributed by atoms with Crippen LogP contribution in [0.25, 0.3) is 0 Å². The van der Waals surface area contributed by atoms with Gasteiger partial charge in [0.15, 0.2) is 0 Å². The molecule has 0 fully saturated rings. The molecule has 102 valence electrons. The molecule has 0 radical (unpaired) electrons. The van der Waals surface area contributed by atoms with E-state index >= 15 is 0 Å². The van der Waals surface area contributed by atoms with Crippen LogP contribution in [-0.2, 0) is 6.42 Å². The highest BCUT2D eigenvalue weighted by Gasteiger charge is 2.20. The first-order valence-electron chi connectivity index (χ1n) is 6.74. The third-order valence-corrected chi connectivity index (χ3v) is 3.26. The van der Waals surface area contributed by atoms with Crippen molar-refractivity contribution in [2.24, 2.45) is 0 Å². The van der Waals surface area contributed by atoms with Gasteiger partial charge >= 0.3 is 0 Å². The van der Waals surface area contributed by atoms with Crippen LogP contribution in [0.5, 0.6) is 0 Å². The van der Waals surface area contributed by atoms with E-state index in [9.17, 15) is 4.39 Å². The second kappa shape index (κ2) is 6.02. The maximum Gasteiger partial charge on any atom is 0.131 e. The summed E-state index contributed by atoms with van der Waals surface area (Å²) in [5.74, 6) is 1.53. The topological polar surface area (TPSA) is 25.2 Å². The molecule has 0 aliphatic carbocycles. The predicted molar refractivity (Wildman–Crippen MR) is 74.7 cm³/mol. The molecule has 0 saturated carbocycles. The molecule has 0 bridgehead atoms. The molecule has 2 nitrogen and oxygen atoms in total. The first-order chi connectivity index (χ1) is 9.17. The van der Waals surface area contributed by atoms with Gasteiger partial charge in [0.25, 0.3) is 0 Å². The van der Waals surface area contributed by atoms with Gasteiger partial charge < -0.3 is 9.73 Å². The van der Waals surface area contributed by atoms with E-state index in [-0.39, 0.29) is 11.9 Å². The second-order valence-electron chi connectivity index (χ2n) is 4.63. The van der Waals surface area contributed by atoms with Crippen LogP contribution in [0, 0.1) is 12.7 Å². The number of furan rings is 1. The Hall–Kier alpha value is -1.61. The Morgan fingerprint density at radius 2 is 2.00 bits per heavy atom. The Labute approximate surface area is 113 Å². The summed E-state index contributed by atoms with van der Waals surface area (Å²) in [5, 5.41) is 3.29. The highest BCUT2D eigenvalue weighted by Crippen LogP contribution is 2.27. The number of benzene rings is 1. The average molecular weight is 261 g/mol. The van der Waals surface area contributed by atoms with Crippen LogP contribution < -0.4 is 5.32 Å². The lowest BCUT2D eigenvalue weighted by Crippen LogP contribution is -2.22. The lowest BCUT2D eigenvalue weighted by atomic mass is 10.0. The monoisotopic (exact) mass is 261 g/mol. The van der Waals surface area contributed by atoms with Gasteiger partial charge in [-0.1, -0.05) is 32.0 Å².